The van der Waals surface area contributed by atoms with Gasteiger partial charge in [-0.2, -0.15) is 5.26 Å². The van der Waals surface area contributed by atoms with Crippen molar-refractivity contribution in [3.05, 3.63) is 71.3 Å². The molecule has 0 unspecified atom stereocenters. The van der Waals surface area contributed by atoms with Gasteiger partial charge in [0.2, 0.25) is 10.0 Å². The largest absolute Gasteiger partial charge is 0.492 e. The molecule has 2 heterocycles. The molecule has 0 aromatic heterocycles. The second-order valence-electron chi connectivity index (χ2n) is 8.62. The van der Waals surface area contributed by atoms with E-state index in [0.29, 0.717) is 36.9 Å². The lowest BCUT2D eigenvalue weighted by Gasteiger charge is -2.30. The number of sulfonamides is 1. The maximum absolute atomic E-state index is 11.7. The van der Waals surface area contributed by atoms with E-state index in [-0.39, 0.29) is 0 Å². The second-order valence-corrected chi connectivity index (χ2v) is 10.6. The van der Waals surface area contributed by atoms with Crippen LogP contribution in [-0.4, -0.2) is 56.7 Å². The Labute approximate surface area is 190 Å². The number of hydrogen-bond donors (Lipinski definition) is 0. The zero-order chi connectivity index (χ0) is 22.6. The van der Waals surface area contributed by atoms with Crippen molar-refractivity contribution in [2.24, 2.45) is 5.92 Å². The molecule has 6 nitrogen and oxygen atoms in total. The summed E-state index contributed by atoms with van der Waals surface area (Å²) in [6.07, 6.45) is 5.08. The fraction of sp³-hybridized carbons (Fsp3) is 0.400. The van der Waals surface area contributed by atoms with Crippen LogP contribution in [0.4, 0.5) is 0 Å². The van der Waals surface area contributed by atoms with Crippen LogP contribution < -0.4 is 4.74 Å². The Morgan fingerprint density at radius 1 is 1.12 bits per heavy atom. The molecule has 0 N–H and O–H groups in total. The summed E-state index contributed by atoms with van der Waals surface area (Å²) in [7, 11) is -3.12. The number of nitrogens with zero attached hydrogens (tertiary/aromatic N) is 3. The van der Waals surface area contributed by atoms with E-state index < -0.39 is 10.0 Å². The highest BCUT2D eigenvalue weighted by Gasteiger charge is 2.25. The van der Waals surface area contributed by atoms with Crippen LogP contribution in [0.25, 0.3) is 5.57 Å². The van der Waals surface area contributed by atoms with Crippen LogP contribution in [-0.2, 0) is 16.6 Å². The van der Waals surface area contributed by atoms with Gasteiger partial charge in [0.05, 0.1) is 18.4 Å². The van der Waals surface area contributed by atoms with E-state index in [0.717, 1.165) is 38.0 Å². The number of benzene rings is 2. The fourth-order valence-electron chi connectivity index (χ4n) is 4.35. The average Bonchev–Trinajstić information content (AvgIpc) is 3.27. The maximum atomic E-state index is 11.7. The van der Waals surface area contributed by atoms with Crippen molar-refractivity contribution in [2.75, 3.05) is 39.0 Å². The van der Waals surface area contributed by atoms with Crippen molar-refractivity contribution in [3.63, 3.8) is 0 Å². The van der Waals surface area contributed by atoms with Gasteiger partial charge in [0.25, 0.3) is 0 Å². The maximum Gasteiger partial charge on any atom is 0.211 e. The molecule has 0 aliphatic carbocycles. The minimum atomic E-state index is -3.12. The smallest absolute Gasteiger partial charge is 0.211 e. The minimum Gasteiger partial charge on any atom is -0.492 e. The number of rotatable bonds is 7. The third-order valence-corrected chi connectivity index (χ3v) is 7.53. The molecule has 1 fully saturated rings. The SMILES string of the molecule is CS(=O)(=O)N1CCC(COc2ccc(CN3CC=C(c4ccccc4)C3)cc2C#N)CC1. The van der Waals surface area contributed by atoms with Crippen LogP contribution in [0, 0.1) is 17.2 Å². The minimum absolute atomic E-state index is 0.298. The molecular formula is C25H29N3O3S. The van der Waals surface area contributed by atoms with E-state index in [1.807, 2.05) is 24.3 Å². The van der Waals surface area contributed by atoms with Gasteiger partial charge in [-0.25, -0.2) is 12.7 Å². The lowest BCUT2D eigenvalue weighted by molar-refractivity contribution is 0.185. The molecule has 1 saturated heterocycles. The third-order valence-electron chi connectivity index (χ3n) is 6.22. The van der Waals surface area contributed by atoms with Crippen LogP contribution in [0.2, 0.25) is 0 Å². The summed E-state index contributed by atoms with van der Waals surface area (Å²) in [5, 5.41) is 9.63. The molecule has 2 aliphatic rings. The molecule has 2 aliphatic heterocycles. The Morgan fingerprint density at radius 2 is 1.88 bits per heavy atom. The predicted molar refractivity (Wildman–Crippen MR) is 125 cm³/mol. The molecule has 0 spiro atoms. The van der Waals surface area contributed by atoms with Gasteiger partial charge in [-0.1, -0.05) is 42.5 Å². The van der Waals surface area contributed by atoms with E-state index in [2.05, 4.69) is 41.3 Å². The van der Waals surface area contributed by atoms with Gasteiger partial charge in [0.1, 0.15) is 11.8 Å². The number of hydrogen-bond acceptors (Lipinski definition) is 5. The van der Waals surface area contributed by atoms with E-state index in [4.69, 9.17) is 4.74 Å². The van der Waals surface area contributed by atoms with Gasteiger partial charge < -0.3 is 4.74 Å². The van der Waals surface area contributed by atoms with Crippen molar-refractivity contribution < 1.29 is 13.2 Å². The second kappa shape index (κ2) is 9.86. The third kappa shape index (κ3) is 5.57. The lowest BCUT2D eigenvalue weighted by Crippen LogP contribution is -2.39. The first kappa shape index (κ1) is 22.5. The lowest BCUT2D eigenvalue weighted by atomic mass is 9.99. The quantitative estimate of drug-likeness (QED) is 0.644. The van der Waals surface area contributed by atoms with Crippen molar-refractivity contribution in [2.45, 2.75) is 19.4 Å². The summed E-state index contributed by atoms with van der Waals surface area (Å²) in [6, 6.07) is 18.5. The van der Waals surface area contributed by atoms with Gasteiger partial charge in [-0.15, -0.1) is 0 Å². The molecule has 0 atom stereocenters. The van der Waals surface area contributed by atoms with Crippen molar-refractivity contribution in [1.29, 1.82) is 5.26 Å². The first-order chi connectivity index (χ1) is 15.4. The Bertz CT molecular complexity index is 1110. The monoisotopic (exact) mass is 451 g/mol. The number of ether oxygens (including phenoxy) is 1. The zero-order valence-electron chi connectivity index (χ0n) is 18.4. The molecule has 32 heavy (non-hydrogen) atoms. The van der Waals surface area contributed by atoms with Gasteiger partial charge >= 0.3 is 0 Å². The van der Waals surface area contributed by atoms with Crippen LogP contribution in [0.3, 0.4) is 0 Å². The van der Waals surface area contributed by atoms with Gasteiger partial charge in [0, 0.05) is 32.7 Å². The first-order valence-corrected chi connectivity index (χ1v) is 12.8. The van der Waals surface area contributed by atoms with Crippen molar-refractivity contribution in [3.8, 4) is 11.8 Å². The van der Waals surface area contributed by atoms with E-state index in [1.54, 1.807) is 0 Å². The molecule has 4 rings (SSSR count). The van der Waals surface area contributed by atoms with E-state index in [9.17, 15) is 13.7 Å². The number of piperidine rings is 1. The highest BCUT2D eigenvalue weighted by molar-refractivity contribution is 7.88. The molecule has 2 aromatic rings. The van der Waals surface area contributed by atoms with E-state index in [1.165, 1.54) is 21.7 Å². The van der Waals surface area contributed by atoms with Gasteiger partial charge in [0.15, 0.2) is 0 Å². The zero-order valence-corrected chi connectivity index (χ0v) is 19.2. The molecule has 0 amide bonds. The number of nitriles is 1. The van der Waals surface area contributed by atoms with Crippen LogP contribution in [0.5, 0.6) is 5.75 Å². The summed E-state index contributed by atoms with van der Waals surface area (Å²) >= 11 is 0. The Hall–Kier alpha value is -2.66. The molecule has 0 bridgehead atoms. The Balaban J connectivity index is 1.30. The molecule has 7 heteroatoms. The summed E-state index contributed by atoms with van der Waals surface area (Å²) < 4.78 is 30.8. The summed E-state index contributed by atoms with van der Waals surface area (Å²) in [6.45, 7) is 4.15. The van der Waals surface area contributed by atoms with Crippen LogP contribution in [0.15, 0.2) is 54.6 Å². The standard InChI is InChI=1S/C25H29N3O3S/c1-32(29,30)28-13-9-20(10-14-28)19-31-25-8-7-21(15-24(25)16-26)17-27-12-11-23(18-27)22-5-3-2-4-6-22/h2-8,11,15,20H,9-10,12-14,17-19H2,1H3. The average molecular weight is 452 g/mol. The Morgan fingerprint density at radius 3 is 2.56 bits per heavy atom. The van der Waals surface area contributed by atoms with Crippen molar-refractivity contribution >= 4 is 15.6 Å². The highest BCUT2D eigenvalue weighted by atomic mass is 32.2. The van der Waals surface area contributed by atoms with Crippen LogP contribution in [0.1, 0.15) is 29.5 Å². The fourth-order valence-corrected chi connectivity index (χ4v) is 5.23. The molecule has 0 radical (unpaired) electrons. The van der Waals surface area contributed by atoms with Gasteiger partial charge in [-0.3, -0.25) is 4.90 Å². The van der Waals surface area contributed by atoms with Crippen molar-refractivity contribution in [1.82, 2.24) is 9.21 Å². The van der Waals surface area contributed by atoms with Crippen LogP contribution >= 0.6 is 0 Å². The summed E-state index contributed by atoms with van der Waals surface area (Å²) in [5.41, 5.74) is 4.25. The molecule has 0 saturated carbocycles. The predicted octanol–water partition coefficient (Wildman–Crippen LogP) is 3.51. The molecular weight excluding hydrogens is 422 g/mol. The normalized spacial score (nSPS) is 18.3. The summed E-state index contributed by atoms with van der Waals surface area (Å²) in [5.74, 6) is 0.901. The molecule has 2 aromatic carbocycles. The van der Waals surface area contributed by atoms with Gasteiger partial charge in [-0.05, 0) is 47.6 Å². The first-order valence-electron chi connectivity index (χ1n) is 11.0. The Kier molecular flexibility index (Phi) is 6.95. The molecule has 168 valence electrons. The highest BCUT2D eigenvalue weighted by Crippen LogP contribution is 2.26. The topological polar surface area (TPSA) is 73.6 Å². The van der Waals surface area contributed by atoms with E-state index >= 15 is 0 Å². The summed E-state index contributed by atoms with van der Waals surface area (Å²) in [4.78, 5) is 2.36.